The molecule has 0 aliphatic rings. The number of pyridine rings is 1. The highest BCUT2D eigenvalue weighted by atomic mass is 79.9. The molecule has 0 saturated carbocycles. The summed E-state index contributed by atoms with van der Waals surface area (Å²) in [6.45, 7) is 0.521. The Labute approximate surface area is 101 Å². The van der Waals surface area contributed by atoms with Crippen LogP contribution in [-0.4, -0.2) is 19.7 Å². The second-order valence-corrected chi connectivity index (χ2v) is 4.13. The van der Waals surface area contributed by atoms with Crippen molar-refractivity contribution in [1.82, 2.24) is 19.7 Å². The van der Waals surface area contributed by atoms with E-state index in [0.717, 1.165) is 10.2 Å². The Morgan fingerprint density at radius 1 is 1.50 bits per heavy atom. The van der Waals surface area contributed by atoms with E-state index in [4.69, 9.17) is 5.73 Å². The molecule has 0 atom stereocenters. The van der Waals surface area contributed by atoms with Crippen molar-refractivity contribution >= 4 is 27.3 Å². The fourth-order valence-electron chi connectivity index (χ4n) is 1.27. The van der Waals surface area contributed by atoms with Crippen LogP contribution in [0, 0.1) is 0 Å². The fourth-order valence-corrected chi connectivity index (χ4v) is 1.76. The SMILES string of the molecule is Cn1cnc(CNc2c(N)cncc2Br)n1. The molecule has 3 N–H and O–H groups in total. The number of nitrogens with one attached hydrogen (secondary N) is 1. The maximum absolute atomic E-state index is 5.79. The fraction of sp³-hybridized carbons (Fsp3) is 0.222. The Morgan fingerprint density at radius 2 is 2.31 bits per heavy atom. The monoisotopic (exact) mass is 282 g/mol. The number of hydrogen-bond acceptors (Lipinski definition) is 5. The average Bonchev–Trinajstić information content (AvgIpc) is 2.63. The van der Waals surface area contributed by atoms with Gasteiger partial charge in [0.05, 0.1) is 28.6 Å². The smallest absolute Gasteiger partial charge is 0.169 e. The molecule has 0 saturated heterocycles. The summed E-state index contributed by atoms with van der Waals surface area (Å²) in [5.74, 6) is 0.714. The molecule has 2 aromatic heterocycles. The van der Waals surface area contributed by atoms with Crippen molar-refractivity contribution in [2.75, 3.05) is 11.1 Å². The van der Waals surface area contributed by atoms with Gasteiger partial charge in [-0.15, -0.1) is 0 Å². The molecule has 7 heteroatoms. The first-order valence-electron chi connectivity index (χ1n) is 4.64. The molecule has 0 aliphatic carbocycles. The van der Waals surface area contributed by atoms with E-state index in [9.17, 15) is 0 Å². The van der Waals surface area contributed by atoms with Crippen molar-refractivity contribution < 1.29 is 0 Å². The molecule has 84 valence electrons. The molecule has 6 nitrogen and oxygen atoms in total. The second kappa shape index (κ2) is 4.48. The number of aryl methyl sites for hydroxylation is 1. The maximum atomic E-state index is 5.79. The van der Waals surface area contributed by atoms with Gasteiger partial charge in [0, 0.05) is 13.2 Å². The van der Waals surface area contributed by atoms with Crippen molar-refractivity contribution in [3.8, 4) is 0 Å². The average molecular weight is 283 g/mol. The van der Waals surface area contributed by atoms with Gasteiger partial charge in [0.2, 0.25) is 0 Å². The number of nitrogens with zero attached hydrogens (tertiary/aromatic N) is 4. The van der Waals surface area contributed by atoms with E-state index < -0.39 is 0 Å². The Kier molecular flexibility index (Phi) is 3.04. The number of nitrogens with two attached hydrogens (primary N) is 1. The molecule has 2 heterocycles. The van der Waals surface area contributed by atoms with E-state index in [1.165, 1.54) is 0 Å². The zero-order chi connectivity index (χ0) is 11.5. The molecular weight excluding hydrogens is 272 g/mol. The van der Waals surface area contributed by atoms with Gasteiger partial charge in [-0.05, 0) is 15.9 Å². The Balaban J connectivity index is 2.10. The van der Waals surface area contributed by atoms with Crippen molar-refractivity contribution in [2.24, 2.45) is 7.05 Å². The summed E-state index contributed by atoms with van der Waals surface area (Å²) in [4.78, 5) is 8.06. The highest BCUT2D eigenvalue weighted by molar-refractivity contribution is 9.10. The van der Waals surface area contributed by atoms with Gasteiger partial charge in [-0.25, -0.2) is 4.98 Å². The van der Waals surface area contributed by atoms with Crippen LogP contribution in [0.25, 0.3) is 0 Å². The van der Waals surface area contributed by atoms with E-state index in [1.807, 2.05) is 7.05 Å². The molecule has 2 aromatic rings. The van der Waals surface area contributed by atoms with Gasteiger partial charge in [-0.3, -0.25) is 9.67 Å². The minimum Gasteiger partial charge on any atom is -0.396 e. The van der Waals surface area contributed by atoms with E-state index in [-0.39, 0.29) is 0 Å². The van der Waals surface area contributed by atoms with Crippen molar-refractivity contribution in [2.45, 2.75) is 6.54 Å². The van der Waals surface area contributed by atoms with E-state index in [1.54, 1.807) is 23.4 Å². The standard InChI is InChI=1S/C9H11BrN6/c1-16-5-14-8(15-16)4-13-9-6(10)2-12-3-7(9)11/h2-3,5H,4,11H2,1H3,(H,12,13). The van der Waals surface area contributed by atoms with Crippen LogP contribution in [0.4, 0.5) is 11.4 Å². The number of halogens is 1. The van der Waals surface area contributed by atoms with Crippen LogP contribution in [0.3, 0.4) is 0 Å². The maximum Gasteiger partial charge on any atom is 0.169 e. The summed E-state index contributed by atoms with van der Waals surface area (Å²) in [5.41, 5.74) is 7.19. The minimum absolute atomic E-state index is 0.521. The summed E-state index contributed by atoms with van der Waals surface area (Å²) >= 11 is 3.37. The molecule has 0 unspecified atom stereocenters. The molecule has 16 heavy (non-hydrogen) atoms. The van der Waals surface area contributed by atoms with Crippen LogP contribution in [0.2, 0.25) is 0 Å². The first-order chi connectivity index (χ1) is 7.66. The second-order valence-electron chi connectivity index (χ2n) is 3.27. The highest BCUT2D eigenvalue weighted by Gasteiger charge is 2.05. The quantitative estimate of drug-likeness (QED) is 0.883. The first-order valence-corrected chi connectivity index (χ1v) is 5.43. The molecule has 2 rings (SSSR count). The summed E-state index contributed by atoms with van der Waals surface area (Å²) in [7, 11) is 1.83. The largest absolute Gasteiger partial charge is 0.396 e. The molecule has 0 bridgehead atoms. The highest BCUT2D eigenvalue weighted by Crippen LogP contribution is 2.27. The van der Waals surface area contributed by atoms with E-state index in [2.05, 4.69) is 36.3 Å². The van der Waals surface area contributed by atoms with Gasteiger partial charge < -0.3 is 11.1 Å². The number of anilines is 2. The first kappa shape index (κ1) is 10.9. The van der Waals surface area contributed by atoms with E-state index in [0.29, 0.717) is 18.1 Å². The lowest BCUT2D eigenvalue weighted by atomic mass is 10.3. The van der Waals surface area contributed by atoms with Crippen LogP contribution in [0.5, 0.6) is 0 Å². The Bertz CT molecular complexity index is 474. The zero-order valence-electron chi connectivity index (χ0n) is 8.68. The molecule has 0 amide bonds. The third-order valence-corrected chi connectivity index (χ3v) is 2.60. The summed E-state index contributed by atoms with van der Waals surface area (Å²) in [6, 6.07) is 0. The topological polar surface area (TPSA) is 81.7 Å². The van der Waals surface area contributed by atoms with Crippen LogP contribution in [0.15, 0.2) is 23.2 Å². The molecule has 0 fully saturated rings. The number of aromatic nitrogens is 4. The predicted octanol–water partition coefficient (Wildman–Crippen LogP) is 1.17. The molecule has 0 aliphatic heterocycles. The van der Waals surface area contributed by atoms with Crippen LogP contribution >= 0.6 is 15.9 Å². The van der Waals surface area contributed by atoms with Crippen molar-refractivity contribution in [1.29, 1.82) is 0 Å². The van der Waals surface area contributed by atoms with Crippen LogP contribution < -0.4 is 11.1 Å². The van der Waals surface area contributed by atoms with Gasteiger partial charge in [0.1, 0.15) is 6.33 Å². The third kappa shape index (κ3) is 2.30. The Hall–Kier alpha value is -1.63. The van der Waals surface area contributed by atoms with Gasteiger partial charge in [0.25, 0.3) is 0 Å². The molecular formula is C9H11BrN6. The number of nitrogen functional groups attached to an aromatic ring is 1. The normalized spacial score (nSPS) is 10.4. The molecule has 0 spiro atoms. The summed E-state index contributed by atoms with van der Waals surface area (Å²) in [5, 5.41) is 7.32. The van der Waals surface area contributed by atoms with Crippen molar-refractivity contribution in [3.05, 3.63) is 29.0 Å². The Morgan fingerprint density at radius 3 is 2.94 bits per heavy atom. The zero-order valence-corrected chi connectivity index (χ0v) is 10.3. The lowest BCUT2D eigenvalue weighted by Crippen LogP contribution is -2.05. The third-order valence-electron chi connectivity index (χ3n) is 2.00. The number of hydrogen-bond donors (Lipinski definition) is 2. The predicted molar refractivity (Wildman–Crippen MR) is 64.7 cm³/mol. The molecule has 0 aromatic carbocycles. The number of rotatable bonds is 3. The van der Waals surface area contributed by atoms with E-state index >= 15 is 0 Å². The summed E-state index contributed by atoms with van der Waals surface area (Å²) in [6.07, 6.45) is 4.94. The van der Waals surface area contributed by atoms with Gasteiger partial charge in [0.15, 0.2) is 5.82 Å². The van der Waals surface area contributed by atoms with Gasteiger partial charge in [-0.2, -0.15) is 5.10 Å². The summed E-state index contributed by atoms with van der Waals surface area (Å²) < 4.78 is 2.48. The van der Waals surface area contributed by atoms with Crippen molar-refractivity contribution in [3.63, 3.8) is 0 Å². The minimum atomic E-state index is 0.521. The molecule has 0 radical (unpaired) electrons. The van der Waals surface area contributed by atoms with Gasteiger partial charge in [-0.1, -0.05) is 0 Å². The van der Waals surface area contributed by atoms with Crippen LogP contribution in [-0.2, 0) is 13.6 Å². The van der Waals surface area contributed by atoms with Crippen LogP contribution in [0.1, 0.15) is 5.82 Å². The van der Waals surface area contributed by atoms with Gasteiger partial charge >= 0.3 is 0 Å². The lowest BCUT2D eigenvalue weighted by Gasteiger charge is -2.08. The lowest BCUT2D eigenvalue weighted by molar-refractivity contribution is 0.747.